The van der Waals surface area contributed by atoms with Gasteiger partial charge in [0.25, 0.3) is 11.8 Å². The van der Waals surface area contributed by atoms with Gasteiger partial charge in [-0.2, -0.15) is 8.78 Å². The van der Waals surface area contributed by atoms with Crippen LogP contribution in [0.25, 0.3) is 0 Å². The van der Waals surface area contributed by atoms with Crippen LogP contribution in [-0.2, 0) is 0 Å². The standard InChI is InChI=1S/C14H13F2NO3/c15-14(16,20)8-5-6-9(7-8)17-12(18)10-3-1-2-4-11(10)13(17)19/h1-4,8-9,20H,5-7H2/t8-,9+/m1/s1. The Morgan fingerprint density at radius 3 is 2.10 bits per heavy atom. The van der Waals surface area contributed by atoms with Gasteiger partial charge in [-0.3, -0.25) is 14.5 Å². The van der Waals surface area contributed by atoms with E-state index in [0.717, 1.165) is 4.90 Å². The van der Waals surface area contributed by atoms with Crippen LogP contribution < -0.4 is 0 Å². The lowest BCUT2D eigenvalue weighted by atomic mass is 10.1. The molecule has 1 aromatic carbocycles. The molecule has 3 rings (SSSR count). The lowest BCUT2D eigenvalue weighted by Gasteiger charge is -2.23. The molecule has 2 amide bonds. The molecule has 0 radical (unpaired) electrons. The average molecular weight is 281 g/mol. The third-order valence-electron chi connectivity index (χ3n) is 4.09. The van der Waals surface area contributed by atoms with Gasteiger partial charge in [0.2, 0.25) is 0 Å². The average Bonchev–Trinajstić information content (AvgIpc) is 2.95. The summed E-state index contributed by atoms with van der Waals surface area (Å²) in [7, 11) is 0. The molecule has 20 heavy (non-hydrogen) atoms. The van der Waals surface area contributed by atoms with E-state index in [4.69, 9.17) is 5.11 Å². The van der Waals surface area contributed by atoms with Crippen molar-refractivity contribution in [2.75, 3.05) is 0 Å². The van der Waals surface area contributed by atoms with Crippen molar-refractivity contribution in [2.24, 2.45) is 5.92 Å². The van der Waals surface area contributed by atoms with E-state index in [1.165, 1.54) is 0 Å². The number of hydrogen-bond donors (Lipinski definition) is 1. The molecule has 2 aliphatic rings. The van der Waals surface area contributed by atoms with Gasteiger partial charge in [-0.25, -0.2) is 0 Å². The Morgan fingerprint density at radius 1 is 1.10 bits per heavy atom. The third kappa shape index (κ3) is 1.91. The quantitative estimate of drug-likeness (QED) is 0.844. The fourth-order valence-electron chi connectivity index (χ4n) is 3.05. The second-order valence-electron chi connectivity index (χ2n) is 5.28. The first-order chi connectivity index (χ1) is 9.39. The Kier molecular flexibility index (Phi) is 2.86. The third-order valence-corrected chi connectivity index (χ3v) is 4.09. The number of nitrogens with zero attached hydrogens (tertiary/aromatic N) is 1. The lowest BCUT2D eigenvalue weighted by molar-refractivity contribution is -0.236. The molecule has 1 aliphatic carbocycles. The maximum Gasteiger partial charge on any atom is 0.356 e. The Labute approximate surface area is 114 Å². The lowest BCUT2D eigenvalue weighted by Crippen LogP contribution is -2.39. The van der Waals surface area contributed by atoms with E-state index in [9.17, 15) is 18.4 Å². The maximum atomic E-state index is 12.9. The zero-order valence-electron chi connectivity index (χ0n) is 10.6. The number of hydrogen-bond acceptors (Lipinski definition) is 3. The van der Waals surface area contributed by atoms with Crippen LogP contribution in [0.1, 0.15) is 40.0 Å². The molecular weight excluding hydrogens is 268 g/mol. The Morgan fingerprint density at radius 2 is 1.65 bits per heavy atom. The van der Waals surface area contributed by atoms with Crippen LogP contribution in [0.15, 0.2) is 24.3 Å². The van der Waals surface area contributed by atoms with Crippen molar-refractivity contribution in [2.45, 2.75) is 31.4 Å². The predicted molar refractivity (Wildman–Crippen MR) is 65.2 cm³/mol. The molecule has 106 valence electrons. The number of aliphatic hydroxyl groups is 1. The highest BCUT2D eigenvalue weighted by molar-refractivity contribution is 6.21. The van der Waals surface area contributed by atoms with Crippen molar-refractivity contribution in [3.8, 4) is 0 Å². The van der Waals surface area contributed by atoms with E-state index in [0.29, 0.717) is 17.5 Å². The number of benzene rings is 1. The van der Waals surface area contributed by atoms with Crippen LogP contribution in [0.4, 0.5) is 8.78 Å². The van der Waals surface area contributed by atoms with Crippen LogP contribution in [-0.4, -0.2) is 34.0 Å². The molecule has 1 aliphatic heterocycles. The number of halogens is 2. The number of carbonyl (C=O) groups is 2. The number of fused-ring (bicyclic) bond motifs is 1. The second-order valence-corrected chi connectivity index (χ2v) is 5.28. The van der Waals surface area contributed by atoms with E-state index in [2.05, 4.69) is 0 Å². The summed E-state index contributed by atoms with van der Waals surface area (Å²) in [5, 5.41) is 8.76. The van der Waals surface area contributed by atoms with Gasteiger partial charge in [-0.05, 0) is 31.4 Å². The summed E-state index contributed by atoms with van der Waals surface area (Å²) in [6.45, 7) is 0. The van der Waals surface area contributed by atoms with Crippen LogP contribution in [0.2, 0.25) is 0 Å². The van der Waals surface area contributed by atoms with Crippen molar-refractivity contribution < 1.29 is 23.5 Å². The summed E-state index contributed by atoms with van der Waals surface area (Å²) in [4.78, 5) is 25.5. The minimum atomic E-state index is -3.76. The van der Waals surface area contributed by atoms with Crippen LogP contribution in [0, 0.1) is 5.92 Å². The zero-order valence-corrected chi connectivity index (χ0v) is 10.6. The predicted octanol–water partition coefficient (Wildman–Crippen LogP) is 2.04. The van der Waals surface area contributed by atoms with Gasteiger partial charge in [0.15, 0.2) is 0 Å². The van der Waals surface area contributed by atoms with Crippen LogP contribution in [0.5, 0.6) is 0 Å². The minimum Gasteiger partial charge on any atom is -0.336 e. The van der Waals surface area contributed by atoms with Gasteiger partial charge in [0.05, 0.1) is 17.0 Å². The maximum absolute atomic E-state index is 12.9. The van der Waals surface area contributed by atoms with Gasteiger partial charge in [0.1, 0.15) is 0 Å². The van der Waals surface area contributed by atoms with Gasteiger partial charge in [-0.1, -0.05) is 12.1 Å². The van der Waals surface area contributed by atoms with E-state index in [-0.39, 0.29) is 12.8 Å². The molecular formula is C14H13F2NO3. The normalized spacial score (nSPS) is 26.2. The first-order valence-electron chi connectivity index (χ1n) is 6.46. The van der Waals surface area contributed by atoms with Crippen LogP contribution >= 0.6 is 0 Å². The highest BCUT2D eigenvalue weighted by atomic mass is 19.3. The largest absolute Gasteiger partial charge is 0.356 e. The summed E-state index contributed by atoms with van der Waals surface area (Å²) in [6, 6.07) is 5.87. The molecule has 4 nitrogen and oxygen atoms in total. The number of imide groups is 1. The number of alkyl halides is 2. The molecule has 0 unspecified atom stereocenters. The van der Waals surface area contributed by atoms with Crippen molar-refractivity contribution in [1.29, 1.82) is 0 Å². The summed E-state index contributed by atoms with van der Waals surface area (Å²) < 4.78 is 25.8. The van der Waals surface area contributed by atoms with E-state index >= 15 is 0 Å². The van der Waals surface area contributed by atoms with Crippen LogP contribution in [0.3, 0.4) is 0 Å². The molecule has 2 atom stereocenters. The fraction of sp³-hybridized carbons (Fsp3) is 0.429. The van der Waals surface area contributed by atoms with Crippen molar-refractivity contribution in [1.82, 2.24) is 4.90 Å². The summed E-state index contributed by atoms with van der Waals surface area (Å²) in [6.07, 6.45) is -3.42. The molecule has 1 fully saturated rings. The fourth-order valence-corrected chi connectivity index (χ4v) is 3.05. The molecule has 1 N–H and O–H groups in total. The smallest absolute Gasteiger partial charge is 0.336 e. The molecule has 0 saturated heterocycles. The Balaban J connectivity index is 1.84. The SMILES string of the molecule is O=C1c2ccccc2C(=O)N1[C@H]1CC[C@@H](C(O)(F)F)C1. The Hall–Kier alpha value is -1.82. The van der Waals surface area contributed by atoms with Gasteiger partial charge in [0, 0.05) is 6.04 Å². The second kappa shape index (κ2) is 4.34. The van der Waals surface area contributed by atoms with Crippen molar-refractivity contribution in [3.05, 3.63) is 35.4 Å². The molecule has 6 heteroatoms. The molecule has 0 spiro atoms. The minimum absolute atomic E-state index is 0.0605. The summed E-state index contributed by atoms with van der Waals surface area (Å²) >= 11 is 0. The van der Waals surface area contributed by atoms with Crippen molar-refractivity contribution >= 4 is 11.8 Å². The van der Waals surface area contributed by atoms with E-state index in [1.54, 1.807) is 24.3 Å². The topological polar surface area (TPSA) is 57.6 Å². The van der Waals surface area contributed by atoms with E-state index < -0.39 is 29.9 Å². The highest BCUT2D eigenvalue weighted by Gasteiger charge is 2.48. The first-order valence-corrected chi connectivity index (χ1v) is 6.46. The number of amides is 2. The molecule has 0 bridgehead atoms. The molecule has 1 aromatic rings. The number of rotatable bonds is 2. The number of carbonyl (C=O) groups excluding carboxylic acids is 2. The monoisotopic (exact) mass is 281 g/mol. The van der Waals surface area contributed by atoms with Crippen molar-refractivity contribution in [3.63, 3.8) is 0 Å². The molecule has 1 heterocycles. The van der Waals surface area contributed by atoms with E-state index in [1.807, 2.05) is 0 Å². The van der Waals surface area contributed by atoms with Gasteiger partial charge < -0.3 is 5.11 Å². The van der Waals surface area contributed by atoms with Gasteiger partial charge in [-0.15, -0.1) is 0 Å². The molecule has 0 aromatic heterocycles. The summed E-state index contributed by atoms with van der Waals surface area (Å²) in [5.41, 5.74) is 0.633. The zero-order chi connectivity index (χ0) is 14.5. The van der Waals surface area contributed by atoms with Gasteiger partial charge >= 0.3 is 6.11 Å². The first kappa shape index (κ1) is 13.2. The highest BCUT2D eigenvalue weighted by Crippen LogP contribution is 2.40. The summed E-state index contributed by atoms with van der Waals surface area (Å²) in [5.74, 6) is -2.06. The molecule has 1 saturated carbocycles. The Bertz CT molecular complexity index is 547.